The Kier molecular flexibility index (Phi) is 5.59. The minimum Gasteiger partial charge on any atom is -0.494 e. The first kappa shape index (κ1) is 14.7. The van der Waals surface area contributed by atoms with Crippen molar-refractivity contribution in [3.8, 4) is 5.75 Å². The lowest BCUT2D eigenvalue weighted by Gasteiger charge is -2.09. The molecule has 1 aromatic rings. The molecule has 0 heterocycles. The van der Waals surface area contributed by atoms with E-state index in [1.54, 1.807) is 20.0 Å². The van der Waals surface area contributed by atoms with Crippen LogP contribution in [0.4, 0.5) is 11.4 Å². The summed E-state index contributed by atoms with van der Waals surface area (Å²) in [4.78, 5) is 21.4. The number of nitrogens with one attached hydrogen (secondary N) is 2. The Morgan fingerprint density at radius 3 is 2.74 bits per heavy atom. The molecule has 0 fully saturated rings. The number of carbonyl (C=O) groups excluding carboxylic acids is 1. The van der Waals surface area contributed by atoms with E-state index in [1.165, 1.54) is 12.1 Å². The van der Waals surface area contributed by atoms with Gasteiger partial charge in [-0.3, -0.25) is 14.9 Å². The second-order valence-electron chi connectivity index (χ2n) is 3.76. The first-order valence-electron chi connectivity index (χ1n) is 5.93. The Bertz CT molecular complexity index is 462. The van der Waals surface area contributed by atoms with Gasteiger partial charge in [0.2, 0.25) is 5.91 Å². The minimum absolute atomic E-state index is 0.0478. The van der Waals surface area contributed by atoms with Crippen LogP contribution < -0.4 is 15.4 Å². The highest BCUT2D eigenvalue weighted by Crippen LogP contribution is 2.25. The number of carbonyl (C=O) groups is 1. The summed E-state index contributed by atoms with van der Waals surface area (Å²) in [6.45, 7) is 2.63. The van der Waals surface area contributed by atoms with Crippen molar-refractivity contribution in [2.45, 2.75) is 13.3 Å². The standard InChI is InChI=1S/C12H17N3O4/c1-3-19-11-7-9(6-10(8-11)15(17)18)14-5-4-12(16)13-2/h6-8,14H,3-5H2,1-2H3,(H,13,16). The van der Waals surface area contributed by atoms with Gasteiger partial charge in [-0.2, -0.15) is 0 Å². The van der Waals surface area contributed by atoms with Crippen LogP contribution >= 0.6 is 0 Å². The van der Waals surface area contributed by atoms with Crippen molar-refractivity contribution in [1.29, 1.82) is 0 Å². The van der Waals surface area contributed by atoms with E-state index in [0.29, 0.717) is 31.0 Å². The molecular weight excluding hydrogens is 250 g/mol. The van der Waals surface area contributed by atoms with Gasteiger partial charge in [-0.05, 0) is 6.92 Å². The lowest BCUT2D eigenvalue weighted by atomic mass is 10.2. The summed E-state index contributed by atoms with van der Waals surface area (Å²) in [6.07, 6.45) is 0.295. The average Bonchev–Trinajstić information content (AvgIpc) is 2.38. The number of hydrogen-bond acceptors (Lipinski definition) is 5. The zero-order chi connectivity index (χ0) is 14.3. The van der Waals surface area contributed by atoms with Crippen LogP contribution in [-0.2, 0) is 4.79 Å². The molecule has 0 radical (unpaired) electrons. The largest absolute Gasteiger partial charge is 0.494 e. The molecule has 19 heavy (non-hydrogen) atoms. The molecule has 2 N–H and O–H groups in total. The molecule has 0 aliphatic rings. The van der Waals surface area contributed by atoms with E-state index in [9.17, 15) is 14.9 Å². The quantitative estimate of drug-likeness (QED) is 0.577. The summed E-state index contributed by atoms with van der Waals surface area (Å²) >= 11 is 0. The second-order valence-corrected chi connectivity index (χ2v) is 3.76. The van der Waals surface area contributed by atoms with Crippen LogP contribution in [0.25, 0.3) is 0 Å². The number of benzene rings is 1. The van der Waals surface area contributed by atoms with Crippen LogP contribution in [0.2, 0.25) is 0 Å². The maximum Gasteiger partial charge on any atom is 0.275 e. The summed E-state index contributed by atoms with van der Waals surface area (Å²) in [5, 5.41) is 16.3. The summed E-state index contributed by atoms with van der Waals surface area (Å²) in [5.74, 6) is 0.335. The highest BCUT2D eigenvalue weighted by molar-refractivity contribution is 5.76. The highest BCUT2D eigenvalue weighted by atomic mass is 16.6. The zero-order valence-electron chi connectivity index (χ0n) is 10.9. The number of non-ortho nitro benzene ring substituents is 1. The summed E-state index contributed by atoms with van der Waals surface area (Å²) < 4.78 is 5.26. The normalized spacial score (nSPS) is 9.79. The monoisotopic (exact) mass is 267 g/mol. The molecule has 1 aromatic carbocycles. The molecule has 104 valence electrons. The van der Waals surface area contributed by atoms with Gasteiger partial charge >= 0.3 is 0 Å². The molecule has 0 unspecified atom stereocenters. The van der Waals surface area contributed by atoms with Crippen LogP contribution in [-0.4, -0.2) is 31.0 Å². The number of amides is 1. The van der Waals surface area contributed by atoms with E-state index in [2.05, 4.69) is 10.6 Å². The molecule has 0 spiro atoms. The number of nitrogens with zero attached hydrogens (tertiary/aromatic N) is 1. The summed E-state index contributed by atoms with van der Waals surface area (Å²) in [6, 6.07) is 4.44. The summed E-state index contributed by atoms with van der Waals surface area (Å²) in [5.41, 5.74) is 0.509. The van der Waals surface area contributed by atoms with E-state index in [4.69, 9.17) is 4.74 Å². The van der Waals surface area contributed by atoms with Gasteiger partial charge in [0, 0.05) is 37.8 Å². The van der Waals surface area contributed by atoms with E-state index in [1.807, 2.05) is 0 Å². The third-order valence-electron chi connectivity index (χ3n) is 2.37. The van der Waals surface area contributed by atoms with Gasteiger partial charge in [0.05, 0.1) is 17.6 Å². The van der Waals surface area contributed by atoms with Gasteiger partial charge in [-0.15, -0.1) is 0 Å². The first-order chi connectivity index (χ1) is 9.06. The number of rotatable bonds is 7. The lowest BCUT2D eigenvalue weighted by Crippen LogP contribution is -2.20. The van der Waals surface area contributed by atoms with Crippen molar-refractivity contribution in [1.82, 2.24) is 5.32 Å². The fourth-order valence-corrected chi connectivity index (χ4v) is 1.49. The molecule has 0 atom stereocenters. The van der Waals surface area contributed by atoms with Crippen molar-refractivity contribution < 1.29 is 14.5 Å². The van der Waals surface area contributed by atoms with Gasteiger partial charge in [-0.1, -0.05) is 0 Å². The maximum atomic E-state index is 11.1. The van der Waals surface area contributed by atoms with Crippen LogP contribution in [0, 0.1) is 10.1 Å². The van der Waals surface area contributed by atoms with E-state index >= 15 is 0 Å². The SMILES string of the molecule is CCOc1cc(NCCC(=O)NC)cc([N+](=O)[O-])c1. The van der Waals surface area contributed by atoms with Crippen LogP contribution in [0.5, 0.6) is 5.75 Å². The van der Waals surface area contributed by atoms with Gasteiger partial charge < -0.3 is 15.4 Å². The molecule has 0 aliphatic heterocycles. The molecule has 0 saturated carbocycles. The van der Waals surface area contributed by atoms with Crippen molar-refractivity contribution in [2.75, 3.05) is 25.5 Å². The van der Waals surface area contributed by atoms with E-state index in [0.717, 1.165) is 0 Å². The van der Waals surface area contributed by atoms with E-state index < -0.39 is 4.92 Å². The number of nitro groups is 1. The molecular formula is C12H17N3O4. The van der Waals surface area contributed by atoms with Gasteiger partial charge in [0.25, 0.3) is 5.69 Å². The fourth-order valence-electron chi connectivity index (χ4n) is 1.49. The lowest BCUT2D eigenvalue weighted by molar-refractivity contribution is -0.384. The van der Waals surface area contributed by atoms with Gasteiger partial charge in [0.15, 0.2) is 0 Å². The topological polar surface area (TPSA) is 93.5 Å². The van der Waals surface area contributed by atoms with Gasteiger partial charge in [-0.25, -0.2) is 0 Å². The Morgan fingerprint density at radius 2 is 2.16 bits per heavy atom. The third kappa shape index (κ3) is 4.82. The van der Waals surface area contributed by atoms with Crippen molar-refractivity contribution >= 4 is 17.3 Å². The molecule has 0 bridgehead atoms. The molecule has 1 rings (SSSR count). The maximum absolute atomic E-state index is 11.1. The molecule has 0 saturated heterocycles. The predicted molar refractivity (Wildman–Crippen MR) is 71.4 cm³/mol. The average molecular weight is 267 g/mol. The molecule has 0 aliphatic carbocycles. The van der Waals surface area contributed by atoms with E-state index in [-0.39, 0.29) is 11.6 Å². The van der Waals surface area contributed by atoms with Crippen LogP contribution in [0.3, 0.4) is 0 Å². The smallest absolute Gasteiger partial charge is 0.275 e. The molecule has 7 nitrogen and oxygen atoms in total. The summed E-state index contributed by atoms with van der Waals surface area (Å²) in [7, 11) is 1.56. The first-order valence-corrected chi connectivity index (χ1v) is 5.93. The van der Waals surface area contributed by atoms with Crippen LogP contribution in [0.15, 0.2) is 18.2 Å². The third-order valence-corrected chi connectivity index (χ3v) is 2.37. The minimum atomic E-state index is -0.480. The Labute approximate surface area is 111 Å². The van der Waals surface area contributed by atoms with Gasteiger partial charge in [0.1, 0.15) is 5.75 Å². The predicted octanol–water partition coefficient (Wildman–Crippen LogP) is 1.54. The number of hydrogen-bond donors (Lipinski definition) is 2. The zero-order valence-corrected chi connectivity index (χ0v) is 10.9. The Morgan fingerprint density at radius 1 is 1.42 bits per heavy atom. The number of anilines is 1. The second kappa shape index (κ2) is 7.20. The van der Waals surface area contributed by atoms with Crippen molar-refractivity contribution in [3.05, 3.63) is 28.3 Å². The Hall–Kier alpha value is -2.31. The highest BCUT2D eigenvalue weighted by Gasteiger charge is 2.10. The number of ether oxygens (including phenoxy) is 1. The van der Waals surface area contributed by atoms with Crippen molar-refractivity contribution in [2.24, 2.45) is 0 Å². The fraction of sp³-hybridized carbons (Fsp3) is 0.417. The molecule has 1 amide bonds. The van der Waals surface area contributed by atoms with Crippen LogP contribution in [0.1, 0.15) is 13.3 Å². The molecule has 7 heteroatoms. The number of nitro benzene ring substituents is 1. The Balaban J connectivity index is 2.75. The molecule has 0 aromatic heterocycles. The van der Waals surface area contributed by atoms with Crippen molar-refractivity contribution in [3.63, 3.8) is 0 Å².